The van der Waals surface area contributed by atoms with Crippen LogP contribution >= 0.6 is 0 Å². The number of fused-ring (bicyclic) bond motifs is 1. The molecule has 0 saturated carbocycles. The van der Waals surface area contributed by atoms with Gasteiger partial charge in [-0.1, -0.05) is 12.1 Å². The maximum Gasteiger partial charge on any atom is 0.244 e. The minimum atomic E-state index is -0.183. The van der Waals surface area contributed by atoms with Crippen molar-refractivity contribution in [3.05, 3.63) is 24.3 Å². The van der Waals surface area contributed by atoms with Crippen LogP contribution in [-0.4, -0.2) is 18.4 Å². The highest BCUT2D eigenvalue weighted by Gasteiger charge is 2.25. The largest absolute Gasteiger partial charge is 0.323 e. The molecule has 4 heteroatoms. The Bertz CT molecular complexity index is 502. The van der Waals surface area contributed by atoms with E-state index in [0.29, 0.717) is 12.1 Å². The molecule has 1 heterocycles. The van der Waals surface area contributed by atoms with E-state index in [1.807, 2.05) is 18.2 Å². The Morgan fingerprint density at radius 1 is 1.47 bits per heavy atom. The van der Waals surface area contributed by atoms with Gasteiger partial charge in [-0.15, -0.1) is 12.3 Å². The summed E-state index contributed by atoms with van der Waals surface area (Å²) in [7, 11) is 0. The van der Waals surface area contributed by atoms with Gasteiger partial charge in [-0.2, -0.15) is 0 Å². The molecule has 0 atom stereocenters. The van der Waals surface area contributed by atoms with Gasteiger partial charge in [0.05, 0.1) is 11.4 Å². The van der Waals surface area contributed by atoms with E-state index in [9.17, 15) is 9.59 Å². The zero-order valence-corrected chi connectivity index (χ0v) is 9.27. The summed E-state index contributed by atoms with van der Waals surface area (Å²) in [5.41, 5.74) is 1.40. The van der Waals surface area contributed by atoms with Crippen LogP contribution in [0.4, 0.5) is 11.4 Å². The fourth-order valence-corrected chi connectivity index (χ4v) is 1.77. The van der Waals surface area contributed by atoms with Gasteiger partial charge < -0.3 is 10.2 Å². The zero-order valence-electron chi connectivity index (χ0n) is 9.27. The number of terminal acetylenes is 1. The summed E-state index contributed by atoms with van der Waals surface area (Å²) in [4.78, 5) is 24.9. The molecule has 2 rings (SSSR count). The molecule has 1 aromatic carbocycles. The lowest BCUT2D eigenvalue weighted by atomic mass is 10.1. The van der Waals surface area contributed by atoms with Crippen molar-refractivity contribution in [1.29, 1.82) is 0 Å². The first kappa shape index (κ1) is 11.2. The molecule has 0 saturated heterocycles. The Morgan fingerprint density at radius 3 is 3.00 bits per heavy atom. The van der Waals surface area contributed by atoms with Gasteiger partial charge in [0.25, 0.3) is 0 Å². The van der Waals surface area contributed by atoms with Crippen molar-refractivity contribution in [1.82, 2.24) is 0 Å². The van der Waals surface area contributed by atoms with Crippen LogP contribution in [0.15, 0.2) is 24.3 Å². The highest BCUT2D eigenvalue weighted by atomic mass is 16.2. The van der Waals surface area contributed by atoms with Gasteiger partial charge in [0, 0.05) is 12.8 Å². The molecule has 17 heavy (non-hydrogen) atoms. The van der Waals surface area contributed by atoms with Gasteiger partial charge in [-0.05, 0) is 12.1 Å². The molecule has 1 aliphatic rings. The molecule has 0 unspecified atom stereocenters. The first-order chi connectivity index (χ1) is 8.22. The van der Waals surface area contributed by atoms with Crippen LogP contribution in [-0.2, 0) is 9.59 Å². The molecular formula is C13H12N2O2. The average molecular weight is 228 g/mol. The van der Waals surface area contributed by atoms with Crippen molar-refractivity contribution in [2.45, 2.75) is 12.8 Å². The molecule has 86 valence electrons. The number of nitrogens with one attached hydrogen (secondary N) is 1. The third-order valence-electron chi connectivity index (χ3n) is 2.55. The minimum Gasteiger partial charge on any atom is -0.323 e. The van der Waals surface area contributed by atoms with E-state index >= 15 is 0 Å². The molecule has 0 fully saturated rings. The van der Waals surface area contributed by atoms with Crippen molar-refractivity contribution < 1.29 is 9.59 Å². The lowest BCUT2D eigenvalue weighted by molar-refractivity contribution is -0.121. The van der Waals surface area contributed by atoms with Gasteiger partial charge in [-0.25, -0.2) is 0 Å². The Hall–Kier alpha value is -2.28. The Balaban J connectivity index is 2.27. The number of hydrogen-bond donors (Lipinski definition) is 1. The summed E-state index contributed by atoms with van der Waals surface area (Å²) < 4.78 is 0. The summed E-state index contributed by atoms with van der Waals surface area (Å²) in [6.45, 7) is 0.0560. The van der Waals surface area contributed by atoms with Crippen molar-refractivity contribution in [3.63, 3.8) is 0 Å². The third-order valence-corrected chi connectivity index (χ3v) is 2.55. The standard InChI is InChI=1S/C13H12N2O2/c1-2-3-8-13(17)15-9-12(16)14-10-6-4-5-7-11(10)15/h1,4-7H,3,8-9H2,(H,14,16). The van der Waals surface area contributed by atoms with Gasteiger partial charge in [0.15, 0.2) is 0 Å². The number of rotatable bonds is 2. The molecule has 0 spiro atoms. The van der Waals surface area contributed by atoms with Crippen molar-refractivity contribution in [3.8, 4) is 12.3 Å². The van der Waals surface area contributed by atoms with Gasteiger partial charge in [0.1, 0.15) is 6.54 Å². The Labute approximate surface area is 99.6 Å². The van der Waals surface area contributed by atoms with Crippen LogP contribution in [0.5, 0.6) is 0 Å². The average Bonchev–Trinajstić information content (AvgIpc) is 2.34. The van der Waals surface area contributed by atoms with Crippen molar-refractivity contribution in [2.75, 3.05) is 16.8 Å². The van der Waals surface area contributed by atoms with E-state index in [-0.39, 0.29) is 24.8 Å². The van der Waals surface area contributed by atoms with Crippen molar-refractivity contribution in [2.24, 2.45) is 0 Å². The number of benzene rings is 1. The number of carbonyl (C=O) groups is 2. The summed E-state index contributed by atoms with van der Waals surface area (Å²) in [6, 6.07) is 7.22. The van der Waals surface area contributed by atoms with E-state index in [1.54, 1.807) is 6.07 Å². The molecule has 0 aliphatic carbocycles. The second-order valence-electron chi connectivity index (χ2n) is 3.75. The number of anilines is 2. The fourth-order valence-electron chi connectivity index (χ4n) is 1.77. The molecule has 0 bridgehead atoms. The molecule has 2 amide bonds. The quantitative estimate of drug-likeness (QED) is 0.777. The SMILES string of the molecule is C#CCCC(=O)N1CC(=O)Nc2ccccc21. The second-order valence-corrected chi connectivity index (χ2v) is 3.75. The van der Waals surface area contributed by atoms with Crippen LogP contribution in [0, 0.1) is 12.3 Å². The Morgan fingerprint density at radius 2 is 2.24 bits per heavy atom. The lowest BCUT2D eigenvalue weighted by Crippen LogP contribution is -2.42. The lowest BCUT2D eigenvalue weighted by Gasteiger charge is -2.29. The molecule has 1 aromatic rings. The minimum absolute atomic E-state index is 0.0560. The molecule has 1 aliphatic heterocycles. The monoisotopic (exact) mass is 228 g/mol. The zero-order chi connectivity index (χ0) is 12.3. The van der Waals surface area contributed by atoms with Gasteiger partial charge in [0.2, 0.25) is 11.8 Å². The highest BCUT2D eigenvalue weighted by molar-refractivity contribution is 6.09. The van der Waals surface area contributed by atoms with Crippen LogP contribution in [0.1, 0.15) is 12.8 Å². The maximum absolute atomic E-state index is 11.9. The predicted molar refractivity (Wildman–Crippen MR) is 65.5 cm³/mol. The van der Waals surface area contributed by atoms with Gasteiger partial charge >= 0.3 is 0 Å². The summed E-state index contributed by atoms with van der Waals surface area (Å²) in [6.07, 6.45) is 5.78. The van der Waals surface area contributed by atoms with E-state index in [1.165, 1.54) is 4.90 Å². The number of carbonyl (C=O) groups excluding carboxylic acids is 2. The number of nitrogens with zero attached hydrogens (tertiary/aromatic N) is 1. The number of para-hydroxylation sites is 2. The van der Waals surface area contributed by atoms with Gasteiger partial charge in [-0.3, -0.25) is 9.59 Å². The molecule has 0 aromatic heterocycles. The predicted octanol–water partition coefficient (Wildman–Crippen LogP) is 1.39. The number of amides is 2. The van der Waals surface area contributed by atoms with E-state index in [4.69, 9.17) is 6.42 Å². The summed E-state index contributed by atoms with van der Waals surface area (Å²) in [5.74, 6) is 2.12. The third kappa shape index (κ3) is 2.28. The van der Waals surface area contributed by atoms with E-state index in [2.05, 4.69) is 11.2 Å². The van der Waals surface area contributed by atoms with E-state index in [0.717, 1.165) is 5.69 Å². The first-order valence-electron chi connectivity index (χ1n) is 5.35. The van der Waals surface area contributed by atoms with Crippen LogP contribution in [0.2, 0.25) is 0 Å². The Kier molecular flexibility index (Phi) is 3.10. The first-order valence-corrected chi connectivity index (χ1v) is 5.35. The number of hydrogen-bond acceptors (Lipinski definition) is 2. The normalized spacial score (nSPS) is 13.6. The molecular weight excluding hydrogens is 216 g/mol. The molecule has 4 nitrogen and oxygen atoms in total. The van der Waals surface area contributed by atoms with Crippen LogP contribution in [0.3, 0.4) is 0 Å². The summed E-state index contributed by atoms with van der Waals surface area (Å²) >= 11 is 0. The van der Waals surface area contributed by atoms with Crippen LogP contribution < -0.4 is 10.2 Å². The maximum atomic E-state index is 11.9. The topological polar surface area (TPSA) is 49.4 Å². The highest BCUT2D eigenvalue weighted by Crippen LogP contribution is 2.29. The fraction of sp³-hybridized carbons (Fsp3) is 0.231. The molecule has 1 N–H and O–H groups in total. The van der Waals surface area contributed by atoms with Crippen molar-refractivity contribution >= 4 is 23.2 Å². The van der Waals surface area contributed by atoms with Crippen LogP contribution in [0.25, 0.3) is 0 Å². The second kappa shape index (κ2) is 4.71. The summed E-state index contributed by atoms with van der Waals surface area (Å²) in [5, 5.41) is 2.73. The van der Waals surface area contributed by atoms with E-state index < -0.39 is 0 Å². The molecule has 0 radical (unpaired) electrons. The smallest absolute Gasteiger partial charge is 0.244 e.